The summed E-state index contributed by atoms with van der Waals surface area (Å²) in [6.07, 6.45) is 2.40. The quantitative estimate of drug-likeness (QED) is 0.530. The Morgan fingerprint density at radius 1 is 0.939 bits per heavy atom. The number of nitrogens with zero attached hydrogens (tertiary/aromatic N) is 1. The lowest BCUT2D eigenvalue weighted by Gasteiger charge is -2.20. The Kier molecular flexibility index (Phi) is 6.55. The van der Waals surface area contributed by atoms with E-state index in [0.717, 1.165) is 18.7 Å². The molecule has 2 N–H and O–H groups in total. The van der Waals surface area contributed by atoms with E-state index in [0.29, 0.717) is 17.1 Å². The van der Waals surface area contributed by atoms with Gasteiger partial charge in [-0.05, 0) is 86.0 Å². The van der Waals surface area contributed by atoms with Crippen LogP contribution in [0.15, 0.2) is 71.6 Å². The van der Waals surface area contributed by atoms with Gasteiger partial charge in [-0.25, -0.2) is 8.42 Å². The summed E-state index contributed by atoms with van der Waals surface area (Å²) >= 11 is 0. The molecule has 1 saturated heterocycles. The number of aryl methyl sites for hydroxylation is 1. The van der Waals surface area contributed by atoms with Crippen LogP contribution in [0.1, 0.15) is 28.8 Å². The highest BCUT2D eigenvalue weighted by Gasteiger charge is 2.18. The first-order valence-corrected chi connectivity index (χ1v) is 12.3. The molecule has 3 aromatic carbocycles. The number of anilines is 3. The second-order valence-corrected chi connectivity index (χ2v) is 9.69. The number of ether oxygens (including phenoxy) is 1. The van der Waals surface area contributed by atoms with Crippen LogP contribution in [0, 0.1) is 6.92 Å². The lowest BCUT2D eigenvalue weighted by Crippen LogP contribution is -2.19. The van der Waals surface area contributed by atoms with Crippen molar-refractivity contribution in [2.75, 3.05) is 35.1 Å². The SMILES string of the molecule is COc1ccc(NS(=O)(=O)c2cccc(C(=O)Nc3ccc(N4CCCC4)c(C)c3)c2)cc1. The number of sulfonamides is 1. The lowest BCUT2D eigenvalue weighted by atomic mass is 10.1. The molecule has 1 fully saturated rings. The van der Waals surface area contributed by atoms with Gasteiger partial charge in [-0.1, -0.05) is 6.07 Å². The number of nitrogens with one attached hydrogen (secondary N) is 2. The van der Waals surface area contributed by atoms with Gasteiger partial charge in [0, 0.05) is 35.7 Å². The standard InChI is InChI=1S/C25H27N3O4S/c1-18-16-21(10-13-24(18)28-14-3-4-15-28)26-25(29)19-6-5-7-23(17-19)33(30,31)27-20-8-11-22(32-2)12-9-20/h5-13,16-17,27H,3-4,14-15H2,1-2H3,(H,26,29). The molecule has 0 aromatic heterocycles. The van der Waals surface area contributed by atoms with Crippen LogP contribution in [0.25, 0.3) is 0 Å². The zero-order valence-electron chi connectivity index (χ0n) is 18.7. The van der Waals surface area contributed by atoms with E-state index in [-0.39, 0.29) is 16.4 Å². The fraction of sp³-hybridized carbons (Fsp3) is 0.240. The molecule has 4 rings (SSSR count). The highest BCUT2D eigenvalue weighted by Crippen LogP contribution is 2.27. The Balaban J connectivity index is 1.48. The fourth-order valence-corrected chi connectivity index (χ4v) is 5.03. The molecular weight excluding hydrogens is 438 g/mol. The van der Waals surface area contributed by atoms with Gasteiger partial charge in [0.1, 0.15) is 5.75 Å². The number of rotatable bonds is 7. The van der Waals surface area contributed by atoms with Crippen molar-refractivity contribution in [1.82, 2.24) is 0 Å². The first-order valence-electron chi connectivity index (χ1n) is 10.8. The third kappa shape index (κ3) is 5.28. The molecule has 8 heteroatoms. The zero-order valence-corrected chi connectivity index (χ0v) is 19.5. The van der Waals surface area contributed by atoms with Crippen molar-refractivity contribution in [3.05, 3.63) is 77.9 Å². The third-order valence-corrected chi connectivity index (χ3v) is 7.03. The van der Waals surface area contributed by atoms with Crippen molar-refractivity contribution in [1.29, 1.82) is 0 Å². The average molecular weight is 466 g/mol. The maximum Gasteiger partial charge on any atom is 0.261 e. The highest BCUT2D eigenvalue weighted by atomic mass is 32.2. The van der Waals surface area contributed by atoms with Crippen LogP contribution >= 0.6 is 0 Å². The van der Waals surface area contributed by atoms with Crippen LogP contribution in [0.4, 0.5) is 17.1 Å². The summed E-state index contributed by atoms with van der Waals surface area (Å²) < 4.78 is 33.2. The normalized spacial score (nSPS) is 13.6. The summed E-state index contributed by atoms with van der Waals surface area (Å²) in [5.41, 5.74) is 3.61. The van der Waals surface area contributed by atoms with Crippen LogP contribution in [-0.4, -0.2) is 34.5 Å². The van der Waals surface area contributed by atoms with Crippen molar-refractivity contribution in [2.45, 2.75) is 24.7 Å². The van der Waals surface area contributed by atoms with E-state index in [1.165, 1.54) is 30.7 Å². The Labute approximate surface area is 194 Å². The monoisotopic (exact) mass is 465 g/mol. The van der Waals surface area contributed by atoms with E-state index in [2.05, 4.69) is 14.9 Å². The molecule has 1 aliphatic heterocycles. The van der Waals surface area contributed by atoms with Crippen LogP contribution in [0.2, 0.25) is 0 Å². The Morgan fingerprint density at radius 2 is 1.64 bits per heavy atom. The van der Waals surface area contributed by atoms with Crippen molar-refractivity contribution in [3.63, 3.8) is 0 Å². The van der Waals surface area contributed by atoms with E-state index in [1.807, 2.05) is 25.1 Å². The molecule has 3 aromatic rings. The summed E-state index contributed by atoms with van der Waals surface area (Å²) in [6.45, 7) is 4.14. The maximum absolute atomic E-state index is 12.8. The number of amides is 1. The number of benzene rings is 3. The van der Waals surface area contributed by atoms with Gasteiger partial charge in [-0.2, -0.15) is 0 Å². The van der Waals surface area contributed by atoms with Gasteiger partial charge in [0.2, 0.25) is 0 Å². The van der Waals surface area contributed by atoms with E-state index in [1.54, 1.807) is 43.5 Å². The van der Waals surface area contributed by atoms with Gasteiger partial charge in [0.25, 0.3) is 15.9 Å². The van der Waals surface area contributed by atoms with Crippen LogP contribution < -0.4 is 19.7 Å². The summed E-state index contributed by atoms with van der Waals surface area (Å²) in [7, 11) is -2.32. The van der Waals surface area contributed by atoms with Crippen molar-refractivity contribution in [3.8, 4) is 5.75 Å². The molecule has 1 aliphatic rings. The lowest BCUT2D eigenvalue weighted by molar-refractivity contribution is 0.102. The van der Waals surface area contributed by atoms with Crippen molar-refractivity contribution < 1.29 is 17.9 Å². The van der Waals surface area contributed by atoms with Crippen LogP contribution in [-0.2, 0) is 10.0 Å². The van der Waals surface area contributed by atoms with Gasteiger partial charge in [-0.3, -0.25) is 9.52 Å². The van der Waals surface area contributed by atoms with E-state index in [4.69, 9.17) is 4.74 Å². The molecular formula is C25H27N3O4S. The fourth-order valence-electron chi connectivity index (χ4n) is 3.93. The summed E-state index contributed by atoms with van der Waals surface area (Å²) in [6, 6.07) is 18.4. The van der Waals surface area contributed by atoms with Gasteiger partial charge in [0.05, 0.1) is 12.0 Å². The molecule has 0 saturated carbocycles. The predicted molar refractivity (Wildman–Crippen MR) is 131 cm³/mol. The van der Waals surface area contributed by atoms with Crippen LogP contribution in [0.5, 0.6) is 5.75 Å². The minimum absolute atomic E-state index is 0.00605. The zero-order chi connectivity index (χ0) is 23.4. The minimum Gasteiger partial charge on any atom is -0.497 e. The molecule has 7 nitrogen and oxygen atoms in total. The molecule has 1 amide bonds. The first-order chi connectivity index (χ1) is 15.9. The summed E-state index contributed by atoms with van der Waals surface area (Å²) in [5.74, 6) is 0.255. The predicted octanol–water partition coefficient (Wildman–Crippen LogP) is 4.66. The Hall–Kier alpha value is -3.52. The molecule has 0 unspecified atom stereocenters. The number of methoxy groups -OCH3 is 1. The molecule has 172 valence electrons. The second-order valence-electron chi connectivity index (χ2n) is 8.01. The molecule has 0 aliphatic carbocycles. The van der Waals surface area contributed by atoms with Gasteiger partial charge in [-0.15, -0.1) is 0 Å². The first kappa shape index (κ1) is 22.7. The molecule has 0 radical (unpaired) electrons. The molecule has 0 atom stereocenters. The number of hydrogen-bond acceptors (Lipinski definition) is 5. The molecule has 0 spiro atoms. The largest absolute Gasteiger partial charge is 0.497 e. The Bertz CT molecular complexity index is 1250. The average Bonchev–Trinajstić information content (AvgIpc) is 3.34. The van der Waals surface area contributed by atoms with Crippen molar-refractivity contribution >= 4 is 33.0 Å². The van der Waals surface area contributed by atoms with Gasteiger partial charge < -0.3 is 15.0 Å². The van der Waals surface area contributed by atoms with Crippen LogP contribution in [0.3, 0.4) is 0 Å². The Morgan fingerprint density at radius 3 is 2.30 bits per heavy atom. The summed E-state index contributed by atoms with van der Waals surface area (Å²) in [4.78, 5) is 15.2. The molecule has 1 heterocycles. The van der Waals surface area contributed by atoms with Gasteiger partial charge >= 0.3 is 0 Å². The van der Waals surface area contributed by atoms with E-state index >= 15 is 0 Å². The molecule has 33 heavy (non-hydrogen) atoms. The molecule has 0 bridgehead atoms. The van der Waals surface area contributed by atoms with Gasteiger partial charge in [0.15, 0.2) is 0 Å². The smallest absolute Gasteiger partial charge is 0.261 e. The minimum atomic E-state index is -3.86. The second kappa shape index (κ2) is 9.54. The third-order valence-electron chi connectivity index (χ3n) is 5.65. The topological polar surface area (TPSA) is 87.7 Å². The summed E-state index contributed by atoms with van der Waals surface area (Å²) in [5, 5.41) is 2.87. The number of hydrogen-bond donors (Lipinski definition) is 2. The number of carbonyl (C=O) groups is 1. The van der Waals surface area contributed by atoms with E-state index in [9.17, 15) is 13.2 Å². The number of carbonyl (C=O) groups excluding carboxylic acids is 1. The van der Waals surface area contributed by atoms with Crippen molar-refractivity contribution in [2.24, 2.45) is 0 Å². The van der Waals surface area contributed by atoms with E-state index < -0.39 is 10.0 Å². The maximum atomic E-state index is 12.8. The highest BCUT2D eigenvalue weighted by molar-refractivity contribution is 7.92.